The van der Waals surface area contributed by atoms with Crippen molar-refractivity contribution in [2.75, 3.05) is 20.6 Å². The number of hydrogen-bond acceptors (Lipinski definition) is 3. The van der Waals surface area contributed by atoms with E-state index in [-0.39, 0.29) is 5.91 Å². The number of carbonyl (C=O) groups is 1. The summed E-state index contributed by atoms with van der Waals surface area (Å²) in [5.41, 5.74) is 1.70. The number of amides is 1. The molecule has 0 saturated carbocycles. The molecule has 1 heterocycles. The minimum atomic E-state index is -0.211. The van der Waals surface area contributed by atoms with Crippen LogP contribution in [0.15, 0.2) is 16.1 Å². The summed E-state index contributed by atoms with van der Waals surface area (Å²) in [6.07, 6.45) is 0. The molecule has 0 aliphatic heterocycles. The van der Waals surface area contributed by atoms with E-state index in [9.17, 15) is 4.79 Å². The molecule has 0 aliphatic rings. The van der Waals surface area contributed by atoms with Crippen molar-refractivity contribution in [3.05, 3.63) is 17.5 Å². The van der Waals surface area contributed by atoms with E-state index in [0.29, 0.717) is 23.1 Å². The Hall–Kier alpha value is -2.18. The van der Waals surface area contributed by atoms with E-state index >= 15 is 0 Å². The lowest BCUT2D eigenvalue weighted by molar-refractivity contribution is 0.0958. The van der Waals surface area contributed by atoms with Gasteiger partial charge in [-0.2, -0.15) is 5.10 Å². The van der Waals surface area contributed by atoms with Crippen LogP contribution in [0.4, 0.5) is 0 Å². The molecule has 0 radical (unpaired) electrons. The summed E-state index contributed by atoms with van der Waals surface area (Å²) in [6, 6.07) is 1.65. The van der Waals surface area contributed by atoms with Crippen LogP contribution in [0.3, 0.4) is 0 Å². The summed E-state index contributed by atoms with van der Waals surface area (Å²) in [7, 11) is 3.23. The number of aromatic amines is 1. The SMILES string of the molecule is CCNC(=NC)N=C(C)c1cc(C(=O)NC)[nH]n1. The highest BCUT2D eigenvalue weighted by Gasteiger charge is 2.10. The average molecular weight is 250 g/mol. The Morgan fingerprint density at radius 3 is 2.83 bits per heavy atom. The molecule has 7 heteroatoms. The van der Waals surface area contributed by atoms with Gasteiger partial charge < -0.3 is 10.6 Å². The Kier molecular flexibility index (Phi) is 5.04. The standard InChI is InChI=1S/C11H18N6O/c1-5-14-11(13-4)15-7(2)8-6-9(17-16-8)10(18)12-3/h6H,5H2,1-4H3,(H,12,18)(H,13,14)(H,16,17). The molecule has 18 heavy (non-hydrogen) atoms. The van der Waals surface area contributed by atoms with Crippen molar-refractivity contribution in [2.24, 2.45) is 9.98 Å². The van der Waals surface area contributed by atoms with Crippen LogP contribution in [-0.2, 0) is 0 Å². The maximum Gasteiger partial charge on any atom is 0.269 e. The third kappa shape index (κ3) is 3.41. The van der Waals surface area contributed by atoms with E-state index in [1.165, 1.54) is 0 Å². The van der Waals surface area contributed by atoms with Crippen LogP contribution in [0.1, 0.15) is 30.0 Å². The molecule has 98 valence electrons. The summed E-state index contributed by atoms with van der Waals surface area (Å²) >= 11 is 0. The van der Waals surface area contributed by atoms with Crippen molar-refractivity contribution in [3.63, 3.8) is 0 Å². The lowest BCUT2D eigenvalue weighted by Gasteiger charge is -2.01. The quantitative estimate of drug-likeness (QED) is 0.527. The van der Waals surface area contributed by atoms with Gasteiger partial charge in [0, 0.05) is 20.6 Å². The number of guanidine groups is 1. The van der Waals surface area contributed by atoms with Gasteiger partial charge in [-0.05, 0) is 19.9 Å². The minimum Gasteiger partial charge on any atom is -0.355 e. The maximum atomic E-state index is 11.4. The van der Waals surface area contributed by atoms with E-state index in [1.807, 2.05) is 13.8 Å². The first kappa shape index (κ1) is 13.9. The molecule has 0 saturated heterocycles. The average Bonchev–Trinajstić information content (AvgIpc) is 2.86. The van der Waals surface area contributed by atoms with Crippen LogP contribution >= 0.6 is 0 Å². The van der Waals surface area contributed by atoms with Gasteiger partial charge in [-0.3, -0.25) is 14.9 Å². The molecule has 1 rings (SSSR count). The zero-order chi connectivity index (χ0) is 13.5. The molecule has 0 fully saturated rings. The number of hydrogen-bond donors (Lipinski definition) is 3. The topological polar surface area (TPSA) is 94.5 Å². The molecule has 3 N–H and O–H groups in total. The Balaban J connectivity index is 2.90. The lowest BCUT2D eigenvalue weighted by Crippen LogP contribution is -2.22. The van der Waals surface area contributed by atoms with Gasteiger partial charge in [0.25, 0.3) is 5.91 Å². The van der Waals surface area contributed by atoms with Crippen LogP contribution in [0.5, 0.6) is 0 Å². The van der Waals surface area contributed by atoms with Crippen molar-refractivity contribution < 1.29 is 4.79 Å². The minimum absolute atomic E-state index is 0.211. The molecule has 7 nitrogen and oxygen atoms in total. The second-order valence-corrected chi connectivity index (χ2v) is 3.52. The molecule has 0 spiro atoms. The first-order valence-corrected chi connectivity index (χ1v) is 5.66. The predicted molar refractivity (Wildman–Crippen MR) is 71.2 cm³/mol. The molecule has 1 amide bonds. The number of nitrogens with one attached hydrogen (secondary N) is 3. The largest absolute Gasteiger partial charge is 0.355 e. The normalized spacial score (nSPS) is 12.4. The highest BCUT2D eigenvalue weighted by Crippen LogP contribution is 2.01. The second-order valence-electron chi connectivity index (χ2n) is 3.52. The third-order valence-corrected chi connectivity index (χ3v) is 2.24. The first-order chi connectivity index (χ1) is 8.62. The van der Waals surface area contributed by atoms with E-state index in [4.69, 9.17) is 0 Å². The van der Waals surface area contributed by atoms with Gasteiger partial charge in [-0.25, -0.2) is 4.99 Å². The van der Waals surface area contributed by atoms with Gasteiger partial charge in [-0.1, -0.05) is 0 Å². The summed E-state index contributed by atoms with van der Waals surface area (Å²) in [5.74, 6) is 0.331. The van der Waals surface area contributed by atoms with Crippen molar-refractivity contribution in [3.8, 4) is 0 Å². The van der Waals surface area contributed by atoms with Gasteiger partial charge in [0.1, 0.15) is 11.4 Å². The molecular weight excluding hydrogens is 232 g/mol. The van der Waals surface area contributed by atoms with E-state index in [1.54, 1.807) is 20.2 Å². The van der Waals surface area contributed by atoms with Gasteiger partial charge in [-0.15, -0.1) is 0 Å². The Morgan fingerprint density at radius 2 is 2.28 bits per heavy atom. The molecule has 0 aliphatic carbocycles. The van der Waals surface area contributed by atoms with Crippen molar-refractivity contribution in [2.45, 2.75) is 13.8 Å². The van der Waals surface area contributed by atoms with Gasteiger partial charge in [0.05, 0.1) is 5.71 Å². The second kappa shape index (κ2) is 6.53. The smallest absolute Gasteiger partial charge is 0.269 e. The Labute approximate surface area is 106 Å². The Bertz CT molecular complexity index is 474. The highest BCUT2D eigenvalue weighted by atomic mass is 16.1. The lowest BCUT2D eigenvalue weighted by atomic mass is 10.2. The van der Waals surface area contributed by atoms with E-state index in [2.05, 4.69) is 30.8 Å². The summed E-state index contributed by atoms with van der Waals surface area (Å²) in [6.45, 7) is 4.52. The molecular formula is C11H18N6O. The number of rotatable bonds is 3. The fourth-order valence-corrected chi connectivity index (χ4v) is 1.30. The third-order valence-electron chi connectivity index (χ3n) is 2.24. The maximum absolute atomic E-state index is 11.4. The van der Waals surface area contributed by atoms with E-state index < -0.39 is 0 Å². The first-order valence-electron chi connectivity index (χ1n) is 5.66. The fourth-order valence-electron chi connectivity index (χ4n) is 1.30. The van der Waals surface area contributed by atoms with Crippen molar-refractivity contribution >= 4 is 17.6 Å². The van der Waals surface area contributed by atoms with Gasteiger partial charge >= 0.3 is 0 Å². The molecule has 0 unspecified atom stereocenters. The van der Waals surface area contributed by atoms with E-state index in [0.717, 1.165) is 6.54 Å². The number of nitrogens with zero attached hydrogens (tertiary/aromatic N) is 3. The Morgan fingerprint density at radius 1 is 1.56 bits per heavy atom. The fraction of sp³-hybridized carbons (Fsp3) is 0.455. The zero-order valence-electron chi connectivity index (χ0n) is 11.0. The van der Waals surface area contributed by atoms with Crippen LogP contribution in [-0.4, -0.2) is 48.4 Å². The van der Waals surface area contributed by atoms with Gasteiger partial charge in [0.2, 0.25) is 5.96 Å². The van der Waals surface area contributed by atoms with Crippen LogP contribution in [0.2, 0.25) is 0 Å². The summed E-state index contributed by atoms with van der Waals surface area (Å²) in [5, 5.41) is 12.2. The van der Waals surface area contributed by atoms with Crippen LogP contribution in [0.25, 0.3) is 0 Å². The summed E-state index contributed by atoms with van der Waals surface area (Å²) in [4.78, 5) is 19.7. The van der Waals surface area contributed by atoms with Crippen molar-refractivity contribution in [1.82, 2.24) is 20.8 Å². The molecule has 0 bridgehead atoms. The van der Waals surface area contributed by atoms with Crippen LogP contribution < -0.4 is 10.6 Å². The number of aliphatic imine (C=N–C) groups is 2. The van der Waals surface area contributed by atoms with Gasteiger partial charge in [0.15, 0.2) is 0 Å². The summed E-state index contributed by atoms with van der Waals surface area (Å²) < 4.78 is 0. The molecule has 1 aromatic rings. The number of aromatic nitrogens is 2. The monoisotopic (exact) mass is 250 g/mol. The van der Waals surface area contributed by atoms with Crippen molar-refractivity contribution in [1.29, 1.82) is 0 Å². The zero-order valence-corrected chi connectivity index (χ0v) is 11.0. The number of carbonyl (C=O) groups excluding carboxylic acids is 1. The molecule has 0 aromatic carbocycles. The molecule has 1 aromatic heterocycles. The number of H-pyrrole nitrogens is 1. The molecule has 0 atom stereocenters. The highest BCUT2D eigenvalue weighted by molar-refractivity contribution is 6.05. The van der Waals surface area contributed by atoms with Crippen LogP contribution in [0, 0.1) is 0 Å². The predicted octanol–water partition coefficient (Wildman–Crippen LogP) is 0.174.